The second-order valence-electron chi connectivity index (χ2n) is 5.97. The van der Waals surface area contributed by atoms with Gasteiger partial charge in [-0.25, -0.2) is 18.4 Å². The van der Waals surface area contributed by atoms with Gasteiger partial charge >= 0.3 is 12.1 Å². The van der Waals surface area contributed by atoms with Crippen LogP contribution in [0, 0.1) is 0 Å². The van der Waals surface area contributed by atoms with Gasteiger partial charge in [0.25, 0.3) is 6.43 Å². The number of rotatable bonds is 5. The molecule has 0 spiro atoms. The van der Waals surface area contributed by atoms with E-state index in [-0.39, 0.29) is 12.0 Å². The summed E-state index contributed by atoms with van der Waals surface area (Å²) in [6.07, 6.45) is -3.20. The zero-order valence-electron chi connectivity index (χ0n) is 13.6. The molecule has 5 nitrogen and oxygen atoms in total. The Labute approximate surface area is 134 Å². The molecule has 0 aliphatic rings. The minimum absolute atomic E-state index is 0.107. The number of halogens is 2. The van der Waals surface area contributed by atoms with Crippen molar-refractivity contribution in [2.24, 2.45) is 0 Å². The van der Waals surface area contributed by atoms with Gasteiger partial charge < -0.3 is 14.8 Å². The Hall–Kier alpha value is -2.18. The smallest absolute Gasteiger partial charge is 0.408 e. The lowest BCUT2D eigenvalue weighted by molar-refractivity contribution is -0.143. The van der Waals surface area contributed by atoms with Crippen LogP contribution >= 0.6 is 0 Å². The van der Waals surface area contributed by atoms with E-state index in [4.69, 9.17) is 4.74 Å². The second-order valence-corrected chi connectivity index (χ2v) is 5.97. The molecule has 0 aliphatic carbocycles. The summed E-state index contributed by atoms with van der Waals surface area (Å²) in [5, 5.41) is 2.43. The lowest BCUT2D eigenvalue weighted by Crippen LogP contribution is -2.45. The Kier molecular flexibility index (Phi) is 6.48. The van der Waals surface area contributed by atoms with Gasteiger partial charge in [-0.2, -0.15) is 0 Å². The van der Waals surface area contributed by atoms with E-state index in [1.165, 1.54) is 31.4 Å². The summed E-state index contributed by atoms with van der Waals surface area (Å²) in [5.74, 6) is -0.645. The molecule has 0 saturated heterocycles. The minimum Gasteiger partial charge on any atom is -0.467 e. The maximum absolute atomic E-state index is 12.5. The molecular weight excluding hydrogens is 308 g/mol. The molecule has 0 aliphatic heterocycles. The molecule has 0 fully saturated rings. The van der Waals surface area contributed by atoms with E-state index in [1.807, 2.05) is 0 Å². The van der Waals surface area contributed by atoms with E-state index in [0.29, 0.717) is 5.56 Å². The van der Waals surface area contributed by atoms with E-state index in [9.17, 15) is 18.4 Å². The van der Waals surface area contributed by atoms with Crippen LogP contribution in [0.15, 0.2) is 24.3 Å². The van der Waals surface area contributed by atoms with Crippen molar-refractivity contribution in [3.63, 3.8) is 0 Å². The van der Waals surface area contributed by atoms with Crippen LogP contribution in [0.2, 0.25) is 0 Å². The van der Waals surface area contributed by atoms with Crippen molar-refractivity contribution >= 4 is 12.1 Å². The topological polar surface area (TPSA) is 64.6 Å². The molecule has 1 aromatic carbocycles. The van der Waals surface area contributed by atoms with E-state index in [1.54, 1.807) is 20.8 Å². The molecule has 1 rings (SSSR count). The van der Waals surface area contributed by atoms with E-state index in [0.717, 1.165) is 0 Å². The first-order valence-corrected chi connectivity index (χ1v) is 7.06. The molecule has 1 amide bonds. The summed E-state index contributed by atoms with van der Waals surface area (Å²) in [6.45, 7) is 5.09. The zero-order valence-corrected chi connectivity index (χ0v) is 13.6. The normalized spacial score (nSPS) is 12.7. The van der Waals surface area contributed by atoms with Crippen LogP contribution in [-0.2, 0) is 20.7 Å². The fourth-order valence-corrected chi connectivity index (χ4v) is 1.82. The molecule has 1 N–H and O–H groups in total. The van der Waals surface area contributed by atoms with Crippen LogP contribution < -0.4 is 5.32 Å². The van der Waals surface area contributed by atoms with Gasteiger partial charge in [-0.05, 0) is 26.3 Å². The standard InChI is InChI=1S/C16H21F2NO4/c1-16(2,3)23-15(21)19-12(14(20)22-4)9-10-5-7-11(8-6-10)13(17)18/h5-8,12-13H,9H2,1-4H3,(H,19,21)/t12-/m0/s1. The largest absolute Gasteiger partial charge is 0.467 e. The molecule has 0 unspecified atom stereocenters. The summed E-state index contributed by atoms with van der Waals surface area (Å²) >= 11 is 0. The van der Waals surface area contributed by atoms with Crippen molar-refractivity contribution < 1.29 is 27.8 Å². The number of nitrogens with one attached hydrogen (secondary N) is 1. The van der Waals surface area contributed by atoms with Crippen molar-refractivity contribution in [1.82, 2.24) is 5.32 Å². The van der Waals surface area contributed by atoms with Crippen LogP contribution in [0.1, 0.15) is 38.3 Å². The number of carbonyl (C=O) groups excluding carboxylic acids is 2. The Balaban J connectivity index is 2.78. The van der Waals surface area contributed by atoms with Gasteiger partial charge in [0.1, 0.15) is 11.6 Å². The maximum Gasteiger partial charge on any atom is 0.408 e. The molecular formula is C16H21F2NO4. The lowest BCUT2D eigenvalue weighted by Gasteiger charge is -2.22. The Bertz CT molecular complexity index is 538. The molecule has 23 heavy (non-hydrogen) atoms. The fourth-order valence-electron chi connectivity index (χ4n) is 1.82. The molecule has 128 valence electrons. The highest BCUT2D eigenvalue weighted by atomic mass is 19.3. The number of esters is 1. The van der Waals surface area contributed by atoms with Crippen LogP contribution in [0.25, 0.3) is 0 Å². The average molecular weight is 329 g/mol. The molecule has 1 aromatic rings. The van der Waals surface area contributed by atoms with Gasteiger partial charge in [-0.15, -0.1) is 0 Å². The highest BCUT2D eigenvalue weighted by Crippen LogP contribution is 2.19. The SMILES string of the molecule is COC(=O)[C@H](Cc1ccc(C(F)F)cc1)NC(=O)OC(C)(C)C. The Morgan fingerprint density at radius 3 is 2.17 bits per heavy atom. The van der Waals surface area contributed by atoms with Crippen molar-refractivity contribution in [2.75, 3.05) is 7.11 Å². The molecule has 0 aromatic heterocycles. The fraction of sp³-hybridized carbons (Fsp3) is 0.500. The van der Waals surface area contributed by atoms with Crippen molar-refractivity contribution in [3.8, 4) is 0 Å². The van der Waals surface area contributed by atoms with E-state index < -0.39 is 30.1 Å². The zero-order chi connectivity index (χ0) is 17.6. The highest BCUT2D eigenvalue weighted by Gasteiger charge is 2.25. The number of methoxy groups -OCH3 is 1. The number of amides is 1. The Morgan fingerprint density at radius 1 is 1.17 bits per heavy atom. The molecule has 1 atom stereocenters. The minimum atomic E-state index is -2.56. The van der Waals surface area contributed by atoms with Crippen molar-refractivity contribution in [3.05, 3.63) is 35.4 Å². The van der Waals surface area contributed by atoms with Gasteiger partial charge in [0.05, 0.1) is 7.11 Å². The van der Waals surface area contributed by atoms with Crippen LogP contribution in [0.5, 0.6) is 0 Å². The predicted octanol–water partition coefficient (Wildman–Crippen LogP) is 3.23. The van der Waals surface area contributed by atoms with Crippen molar-refractivity contribution in [2.45, 2.75) is 45.3 Å². The maximum atomic E-state index is 12.5. The van der Waals surface area contributed by atoms with Gasteiger partial charge in [-0.3, -0.25) is 0 Å². The van der Waals surface area contributed by atoms with Gasteiger partial charge in [0.15, 0.2) is 0 Å². The summed E-state index contributed by atoms with van der Waals surface area (Å²) < 4.78 is 34.8. The number of alkyl carbamates (subject to hydrolysis) is 1. The van der Waals surface area contributed by atoms with Gasteiger partial charge in [-0.1, -0.05) is 24.3 Å². The van der Waals surface area contributed by atoms with Gasteiger partial charge in [0, 0.05) is 12.0 Å². The predicted molar refractivity (Wildman–Crippen MR) is 80.3 cm³/mol. The van der Waals surface area contributed by atoms with Crippen LogP contribution in [0.4, 0.5) is 13.6 Å². The van der Waals surface area contributed by atoms with Gasteiger partial charge in [0.2, 0.25) is 0 Å². The van der Waals surface area contributed by atoms with E-state index >= 15 is 0 Å². The molecule has 0 bridgehead atoms. The number of hydrogen-bond donors (Lipinski definition) is 1. The number of ether oxygens (including phenoxy) is 2. The third kappa shape index (κ3) is 6.63. The average Bonchev–Trinajstić information content (AvgIpc) is 2.44. The molecule has 0 saturated carbocycles. The van der Waals surface area contributed by atoms with Crippen LogP contribution in [0.3, 0.4) is 0 Å². The first-order chi connectivity index (χ1) is 10.6. The Morgan fingerprint density at radius 2 is 1.74 bits per heavy atom. The first-order valence-electron chi connectivity index (χ1n) is 7.06. The lowest BCUT2D eigenvalue weighted by atomic mass is 10.0. The molecule has 0 heterocycles. The van der Waals surface area contributed by atoms with E-state index in [2.05, 4.69) is 10.1 Å². The number of benzene rings is 1. The van der Waals surface area contributed by atoms with Crippen LogP contribution in [-0.4, -0.2) is 30.8 Å². The molecule has 7 heteroatoms. The number of hydrogen-bond acceptors (Lipinski definition) is 4. The number of alkyl halides is 2. The summed E-state index contributed by atoms with van der Waals surface area (Å²) in [6, 6.07) is 4.55. The third-order valence-corrected chi connectivity index (χ3v) is 2.85. The molecule has 0 radical (unpaired) electrons. The first kappa shape index (κ1) is 18.9. The second kappa shape index (κ2) is 7.89. The third-order valence-electron chi connectivity index (χ3n) is 2.85. The number of carbonyl (C=O) groups is 2. The summed E-state index contributed by atoms with van der Waals surface area (Å²) in [5.41, 5.74) is -0.201. The highest BCUT2D eigenvalue weighted by molar-refractivity contribution is 5.81. The summed E-state index contributed by atoms with van der Waals surface area (Å²) in [4.78, 5) is 23.6. The quantitative estimate of drug-likeness (QED) is 0.842. The summed E-state index contributed by atoms with van der Waals surface area (Å²) in [7, 11) is 1.20. The monoisotopic (exact) mass is 329 g/mol. The van der Waals surface area contributed by atoms with Crippen molar-refractivity contribution in [1.29, 1.82) is 0 Å².